The van der Waals surface area contributed by atoms with E-state index >= 15 is 0 Å². The Kier molecular flexibility index (Phi) is 35.3. The van der Waals surface area contributed by atoms with Crippen LogP contribution in [0.1, 0.15) is 129 Å². The van der Waals surface area contributed by atoms with Crippen LogP contribution in [0.3, 0.4) is 0 Å². The third kappa shape index (κ3) is 39.9. The molecule has 12 heteroatoms. The van der Waals surface area contributed by atoms with Crippen molar-refractivity contribution in [2.24, 2.45) is 0 Å². The Morgan fingerprint density at radius 2 is 1.21 bits per heavy atom. The number of carbonyl (C=O) groups is 2. The van der Waals surface area contributed by atoms with Gasteiger partial charge in [-0.3, -0.25) is 18.6 Å². The van der Waals surface area contributed by atoms with Crippen LogP contribution in [0.25, 0.3) is 0 Å². The first-order valence-electron chi connectivity index (χ1n) is 21.5. The fraction of sp³-hybridized carbons (Fsp3) is 0.652. The van der Waals surface area contributed by atoms with Gasteiger partial charge in [-0.2, -0.15) is 0 Å². The number of phosphoric ester groups is 1. The van der Waals surface area contributed by atoms with Gasteiger partial charge in [-0.1, -0.05) is 137 Å². The first kappa shape index (κ1) is 55.1. The van der Waals surface area contributed by atoms with E-state index in [4.69, 9.17) is 18.5 Å². The van der Waals surface area contributed by atoms with E-state index in [1.165, 1.54) is 25.7 Å². The van der Waals surface area contributed by atoms with Crippen molar-refractivity contribution in [3.8, 4) is 0 Å². The van der Waals surface area contributed by atoms with Crippen LogP contribution in [0.2, 0.25) is 0 Å². The minimum absolute atomic E-state index is 0.00764. The number of ether oxygens (including phenoxy) is 2. The highest BCUT2D eigenvalue weighted by molar-refractivity contribution is 7.47. The van der Waals surface area contributed by atoms with Crippen LogP contribution in [-0.4, -0.2) is 97.3 Å². The van der Waals surface area contributed by atoms with E-state index in [1.54, 1.807) is 36.5 Å². The molecule has 0 aromatic carbocycles. The molecule has 0 spiro atoms. The highest BCUT2D eigenvalue weighted by Crippen LogP contribution is 2.43. The molecule has 0 saturated carbocycles. The molecule has 3 N–H and O–H groups in total. The summed E-state index contributed by atoms with van der Waals surface area (Å²) >= 11 is 0. The molecular weight excluding hydrogens is 757 g/mol. The lowest BCUT2D eigenvalue weighted by Gasteiger charge is -2.24. The normalized spacial score (nSPS) is 15.5. The summed E-state index contributed by atoms with van der Waals surface area (Å²) in [7, 11) is 1.34. The average Bonchev–Trinajstić information content (AvgIpc) is 3.16. The molecule has 0 bridgehead atoms. The molecule has 0 amide bonds. The van der Waals surface area contributed by atoms with Crippen LogP contribution < -0.4 is 0 Å². The predicted octanol–water partition coefficient (Wildman–Crippen LogP) is 9.96. The van der Waals surface area contributed by atoms with Gasteiger partial charge in [0.15, 0.2) is 6.10 Å². The summed E-state index contributed by atoms with van der Waals surface area (Å²) in [5, 5.41) is 20.0. The summed E-state index contributed by atoms with van der Waals surface area (Å²) in [5.74, 6) is -0.986. The molecule has 0 aliphatic heterocycles. The second-order valence-electron chi connectivity index (χ2n) is 15.4. The lowest BCUT2D eigenvalue weighted by atomic mass is 10.1. The van der Waals surface area contributed by atoms with Crippen LogP contribution in [-0.2, 0) is 32.7 Å². The van der Waals surface area contributed by atoms with Crippen LogP contribution in [0, 0.1) is 0 Å². The molecule has 0 radical (unpaired) electrons. The lowest BCUT2D eigenvalue weighted by molar-refractivity contribution is -0.870. The number of likely N-dealkylation sites (N-methyl/N-ethyl adjacent to an activating group) is 1. The van der Waals surface area contributed by atoms with Gasteiger partial charge >= 0.3 is 19.8 Å². The minimum Gasteiger partial charge on any atom is -0.462 e. The molecule has 0 aromatic rings. The summed E-state index contributed by atoms with van der Waals surface area (Å²) in [6, 6.07) is 0. The van der Waals surface area contributed by atoms with Crippen molar-refractivity contribution < 1.29 is 52.3 Å². The van der Waals surface area contributed by atoms with Crippen LogP contribution in [0.15, 0.2) is 85.1 Å². The second-order valence-corrected chi connectivity index (χ2v) is 16.8. The number of carbonyl (C=O) groups excluding carboxylic acids is 2. The van der Waals surface area contributed by atoms with Crippen molar-refractivity contribution in [3.05, 3.63) is 85.1 Å². The van der Waals surface area contributed by atoms with Crippen molar-refractivity contribution in [1.29, 1.82) is 0 Å². The maximum absolute atomic E-state index is 12.7. The number of aliphatic hydroxyl groups excluding tert-OH is 2. The van der Waals surface area contributed by atoms with E-state index in [-0.39, 0.29) is 26.1 Å². The first-order valence-corrected chi connectivity index (χ1v) is 23.0. The number of hydrogen-bond acceptors (Lipinski definition) is 9. The van der Waals surface area contributed by atoms with E-state index in [0.29, 0.717) is 43.1 Å². The summed E-state index contributed by atoms with van der Waals surface area (Å²) in [5.41, 5.74) is 0. The topological polar surface area (TPSA) is 149 Å². The minimum atomic E-state index is -4.43. The number of quaternary nitrogens is 1. The zero-order chi connectivity index (χ0) is 43.2. The first-order chi connectivity index (χ1) is 27.8. The number of esters is 2. The van der Waals surface area contributed by atoms with E-state index in [0.717, 1.165) is 44.9 Å². The third-order valence-corrected chi connectivity index (χ3v) is 9.57. The highest BCUT2D eigenvalue weighted by atomic mass is 31.2. The highest BCUT2D eigenvalue weighted by Gasteiger charge is 2.27. The zero-order valence-electron chi connectivity index (χ0n) is 36.5. The number of nitrogens with zero attached hydrogens (tertiary/aromatic N) is 1. The molecule has 0 saturated heterocycles. The molecule has 58 heavy (non-hydrogen) atoms. The monoisotopic (exact) mass is 837 g/mol. The summed E-state index contributed by atoms with van der Waals surface area (Å²) in [4.78, 5) is 35.3. The van der Waals surface area contributed by atoms with Crippen molar-refractivity contribution in [2.75, 3.05) is 47.5 Å². The van der Waals surface area contributed by atoms with Gasteiger partial charge in [0.25, 0.3) is 0 Å². The fourth-order valence-corrected chi connectivity index (χ4v) is 5.89. The Balaban J connectivity index is 4.66. The van der Waals surface area contributed by atoms with E-state index < -0.39 is 44.7 Å². The van der Waals surface area contributed by atoms with Gasteiger partial charge in [0.2, 0.25) is 0 Å². The smallest absolute Gasteiger partial charge is 0.462 e. The number of hydrogen-bond donors (Lipinski definition) is 3. The summed E-state index contributed by atoms with van der Waals surface area (Å²) in [6.45, 7) is 3.97. The molecular formula is C46H79NO10P+. The Morgan fingerprint density at radius 1 is 0.638 bits per heavy atom. The summed E-state index contributed by atoms with van der Waals surface area (Å²) in [6.07, 6.45) is 40.0. The maximum atomic E-state index is 12.7. The quantitative estimate of drug-likeness (QED) is 0.0138. The van der Waals surface area contributed by atoms with Crippen molar-refractivity contribution in [1.82, 2.24) is 0 Å². The molecule has 1 unspecified atom stereocenters. The average molecular weight is 837 g/mol. The largest absolute Gasteiger partial charge is 0.472 e. The lowest BCUT2D eigenvalue weighted by Crippen LogP contribution is -2.37. The zero-order valence-corrected chi connectivity index (χ0v) is 37.4. The van der Waals surface area contributed by atoms with Crippen molar-refractivity contribution in [3.63, 3.8) is 0 Å². The fourth-order valence-electron chi connectivity index (χ4n) is 5.15. The molecule has 0 fully saturated rings. The van der Waals surface area contributed by atoms with Gasteiger partial charge in [0.05, 0.1) is 40.0 Å². The number of phosphoric acid groups is 1. The Morgan fingerprint density at radius 3 is 1.83 bits per heavy atom. The van der Waals surface area contributed by atoms with E-state index in [9.17, 15) is 29.3 Å². The Labute approximate surface area is 351 Å². The van der Waals surface area contributed by atoms with Gasteiger partial charge < -0.3 is 29.1 Å². The number of aliphatic hydroxyl groups is 2. The molecule has 0 aliphatic rings. The number of rotatable bonds is 37. The van der Waals surface area contributed by atoms with Gasteiger partial charge in [0, 0.05) is 12.8 Å². The van der Waals surface area contributed by atoms with Crippen LogP contribution in [0.4, 0.5) is 0 Å². The molecule has 0 rings (SSSR count). The standard InChI is InChI=1S/C46H78NO10P/c1-6-8-10-11-12-13-14-15-16-17-18-22-30-36-45(50)54-40-44(41-56-58(52,53)55-39-38-47(3,4)5)57-46(51)37-31-23-20-19-21-27-33-43(49)35-29-25-24-28-34-42(48)32-26-9-7-2/h9,13-14,20-21,23-29,34-35,42-44,48-49H,6-8,10-12,15-19,22,30-33,36-41H2,1-5H3/p+1/b14-13-,23-20-,25-24-,26-9-,27-21-,34-28+,35-29+/t42-,43+,44+/m0/s1. The molecule has 0 aromatic heterocycles. The van der Waals surface area contributed by atoms with Crippen LogP contribution >= 0.6 is 7.82 Å². The maximum Gasteiger partial charge on any atom is 0.472 e. The molecule has 11 nitrogen and oxygen atoms in total. The number of allylic oxidation sites excluding steroid dienone is 10. The molecule has 332 valence electrons. The molecule has 0 heterocycles. The van der Waals surface area contributed by atoms with Gasteiger partial charge in [0.1, 0.15) is 19.8 Å². The van der Waals surface area contributed by atoms with E-state index in [2.05, 4.69) is 19.1 Å². The second kappa shape index (κ2) is 37.1. The van der Waals surface area contributed by atoms with Gasteiger partial charge in [-0.05, 0) is 64.2 Å². The van der Waals surface area contributed by atoms with Gasteiger partial charge in [-0.25, -0.2) is 4.57 Å². The van der Waals surface area contributed by atoms with Crippen molar-refractivity contribution >= 4 is 19.8 Å². The van der Waals surface area contributed by atoms with E-state index in [1.807, 2.05) is 64.5 Å². The molecule has 4 atom stereocenters. The third-order valence-electron chi connectivity index (χ3n) is 8.59. The van der Waals surface area contributed by atoms with Crippen LogP contribution in [0.5, 0.6) is 0 Å². The molecule has 0 aliphatic carbocycles. The summed E-state index contributed by atoms with van der Waals surface area (Å²) < 4.78 is 34.1. The Bertz CT molecular complexity index is 1300. The predicted molar refractivity (Wildman–Crippen MR) is 236 cm³/mol. The van der Waals surface area contributed by atoms with Crippen molar-refractivity contribution in [2.45, 2.75) is 148 Å². The van der Waals surface area contributed by atoms with Gasteiger partial charge in [-0.15, -0.1) is 0 Å². The SMILES string of the molecule is CC/C=C\C[C@H](O)/C=C/C=C\C=C\[C@H](O)C/C=C\C/C=C\CCC(=O)O[C@H](COC(=O)CCCCCCC/C=C\CCCCCC)COP(=O)(O)OCC[N+](C)(C)C. The number of unbranched alkanes of at least 4 members (excludes halogenated alkanes) is 9. The Hall–Kier alpha value is -2.89.